The van der Waals surface area contributed by atoms with E-state index in [0.29, 0.717) is 5.69 Å². The van der Waals surface area contributed by atoms with Gasteiger partial charge in [-0.05, 0) is 36.4 Å². The van der Waals surface area contributed by atoms with Gasteiger partial charge in [0, 0.05) is 34.8 Å². The van der Waals surface area contributed by atoms with E-state index in [1.807, 2.05) is 0 Å². The molecule has 0 heterocycles. The number of nitrogens with zero attached hydrogens (tertiary/aromatic N) is 6. The molecule has 0 aliphatic heterocycles. The summed E-state index contributed by atoms with van der Waals surface area (Å²) in [5.41, 5.74) is 0.311. The molecule has 0 fully saturated rings. The molecule has 13 nitrogen and oxygen atoms in total. The van der Waals surface area contributed by atoms with Gasteiger partial charge in [-0.15, -0.1) is 10.2 Å². The summed E-state index contributed by atoms with van der Waals surface area (Å²) >= 11 is 0. The van der Waals surface area contributed by atoms with E-state index in [9.17, 15) is 25.0 Å². The second kappa shape index (κ2) is 10.1. The zero-order chi connectivity index (χ0) is 22.9. The minimum absolute atomic E-state index is 0.0159. The first-order valence-electron chi connectivity index (χ1n) is 8.72. The predicted molar refractivity (Wildman–Crippen MR) is 108 cm³/mol. The summed E-state index contributed by atoms with van der Waals surface area (Å²) in [5.74, 6) is -0.870. The van der Waals surface area contributed by atoms with Gasteiger partial charge in [-0.1, -0.05) is 12.1 Å². The second-order valence-electron chi connectivity index (χ2n) is 5.88. The normalized spacial score (nSPS) is 10.9. The average molecular weight is 436 g/mol. The lowest BCUT2D eigenvalue weighted by Gasteiger charge is -2.03. The third kappa shape index (κ3) is 5.73. The number of nitro benzene ring substituents is 2. The van der Waals surface area contributed by atoms with Gasteiger partial charge in [-0.25, -0.2) is 4.79 Å². The highest BCUT2D eigenvalue weighted by molar-refractivity contribution is 5.92. The Bertz CT molecular complexity index is 1190. The molecule has 0 saturated heterocycles. The molecule has 0 amide bonds. The Morgan fingerprint density at radius 3 is 1.75 bits per heavy atom. The third-order valence-electron chi connectivity index (χ3n) is 3.80. The molecule has 3 aromatic rings. The van der Waals surface area contributed by atoms with E-state index < -0.39 is 15.8 Å². The lowest BCUT2D eigenvalue weighted by Crippen LogP contribution is -2.02. The van der Waals surface area contributed by atoms with Gasteiger partial charge in [0.15, 0.2) is 5.75 Å². The molecular formula is C19H12N6O7. The molecule has 0 aliphatic rings. The monoisotopic (exact) mass is 436 g/mol. The number of benzene rings is 3. The Hall–Kier alpha value is -5.07. The van der Waals surface area contributed by atoms with Gasteiger partial charge >= 0.3 is 5.97 Å². The number of nitro groups is 2. The third-order valence-corrected chi connectivity index (χ3v) is 3.80. The number of para-hydroxylation sites is 1. The quantitative estimate of drug-likeness (QED) is 0.257. The van der Waals surface area contributed by atoms with Gasteiger partial charge in [-0.2, -0.15) is 0 Å². The van der Waals surface area contributed by atoms with Crippen LogP contribution in [0.15, 0.2) is 93.6 Å². The van der Waals surface area contributed by atoms with Crippen LogP contribution in [0.25, 0.3) is 0 Å². The number of non-ortho nitro benzene ring substituents is 2. The molecule has 3 rings (SSSR count). The minimum atomic E-state index is -0.892. The largest absolute Gasteiger partial charge is 0.371 e. The van der Waals surface area contributed by atoms with Crippen molar-refractivity contribution in [1.82, 2.24) is 0 Å². The minimum Gasteiger partial charge on any atom is -0.338 e. The van der Waals surface area contributed by atoms with Gasteiger partial charge in [0.2, 0.25) is 0 Å². The molecule has 0 radical (unpaired) electrons. The van der Waals surface area contributed by atoms with Crippen LogP contribution < -0.4 is 4.84 Å². The van der Waals surface area contributed by atoms with Gasteiger partial charge < -0.3 is 4.84 Å². The van der Waals surface area contributed by atoms with Crippen LogP contribution in [-0.4, -0.2) is 15.8 Å². The maximum atomic E-state index is 12.3. The molecule has 0 aliphatic carbocycles. The molecule has 0 unspecified atom stereocenters. The topological polar surface area (TPSA) is 171 Å². The first kappa shape index (κ1) is 21.6. The SMILES string of the molecule is O=C(ON=Nc1ccc([N+](=O)[O-])cc1)c1ccccc1ON=Nc1ccc([N+](=O)[O-])cc1. The molecule has 0 N–H and O–H groups in total. The fraction of sp³-hybridized carbons (Fsp3) is 0. The summed E-state index contributed by atoms with van der Waals surface area (Å²) in [6.45, 7) is 0. The Kier molecular flexibility index (Phi) is 6.83. The average Bonchev–Trinajstić information content (AvgIpc) is 2.80. The van der Waals surface area contributed by atoms with Crippen LogP contribution in [0.4, 0.5) is 22.7 Å². The Labute approximate surface area is 178 Å². The van der Waals surface area contributed by atoms with Crippen molar-refractivity contribution in [1.29, 1.82) is 0 Å². The van der Waals surface area contributed by atoms with Crippen molar-refractivity contribution in [2.45, 2.75) is 0 Å². The van der Waals surface area contributed by atoms with E-state index in [0.717, 1.165) is 0 Å². The van der Waals surface area contributed by atoms with Crippen LogP contribution in [0.5, 0.6) is 5.75 Å². The van der Waals surface area contributed by atoms with E-state index >= 15 is 0 Å². The van der Waals surface area contributed by atoms with Crippen molar-refractivity contribution in [2.75, 3.05) is 0 Å². The number of rotatable bonds is 8. The zero-order valence-corrected chi connectivity index (χ0v) is 16.0. The van der Waals surface area contributed by atoms with Gasteiger partial charge in [0.1, 0.15) is 5.56 Å². The molecule has 0 spiro atoms. The number of hydrogen-bond acceptors (Lipinski definition) is 11. The van der Waals surface area contributed by atoms with Gasteiger partial charge in [-0.3, -0.25) is 25.1 Å². The van der Waals surface area contributed by atoms with Crippen LogP contribution >= 0.6 is 0 Å². The smallest absolute Gasteiger partial charge is 0.338 e. The first-order chi connectivity index (χ1) is 15.4. The van der Waals surface area contributed by atoms with Gasteiger partial charge in [0.25, 0.3) is 11.4 Å². The summed E-state index contributed by atoms with van der Waals surface area (Å²) in [4.78, 5) is 42.3. The molecule has 160 valence electrons. The fourth-order valence-corrected chi connectivity index (χ4v) is 2.26. The van der Waals surface area contributed by atoms with Crippen LogP contribution in [0.1, 0.15) is 10.4 Å². The molecule has 0 bridgehead atoms. The summed E-state index contributed by atoms with van der Waals surface area (Å²) in [5, 5.41) is 35.5. The Balaban J connectivity index is 1.62. The van der Waals surface area contributed by atoms with Crippen LogP contribution in [0.3, 0.4) is 0 Å². The van der Waals surface area contributed by atoms with E-state index in [4.69, 9.17) is 9.68 Å². The molecule has 0 aromatic heterocycles. The van der Waals surface area contributed by atoms with Gasteiger partial charge in [0.05, 0.1) is 21.2 Å². The Morgan fingerprint density at radius 2 is 1.22 bits per heavy atom. The summed E-state index contributed by atoms with van der Waals surface area (Å²) < 4.78 is 0. The number of hydrogen-bond donors (Lipinski definition) is 0. The van der Waals surface area contributed by atoms with Crippen molar-refractivity contribution in [3.8, 4) is 5.75 Å². The standard InChI is InChI=1S/C19H12N6O7/c26-19(32-23-21-14-7-11-16(12-8-14)25(29)30)17-3-1-2-4-18(17)31-22-20-13-5-9-15(10-6-13)24(27)28/h1-12H. The summed E-state index contributed by atoms with van der Waals surface area (Å²) in [6.07, 6.45) is 0. The molecule has 32 heavy (non-hydrogen) atoms. The maximum absolute atomic E-state index is 12.3. The maximum Gasteiger partial charge on any atom is 0.371 e. The van der Waals surface area contributed by atoms with Crippen molar-refractivity contribution in [2.24, 2.45) is 20.8 Å². The van der Waals surface area contributed by atoms with E-state index in [-0.39, 0.29) is 28.4 Å². The van der Waals surface area contributed by atoms with Crippen molar-refractivity contribution in [3.63, 3.8) is 0 Å². The number of carbonyl (C=O) groups is 1. The molecular weight excluding hydrogens is 424 g/mol. The first-order valence-corrected chi connectivity index (χ1v) is 8.72. The summed E-state index contributed by atoms with van der Waals surface area (Å²) in [6, 6.07) is 16.4. The lowest BCUT2D eigenvalue weighted by molar-refractivity contribution is -0.385. The highest BCUT2D eigenvalue weighted by Crippen LogP contribution is 2.23. The fourth-order valence-electron chi connectivity index (χ4n) is 2.26. The zero-order valence-electron chi connectivity index (χ0n) is 16.0. The van der Waals surface area contributed by atoms with Crippen molar-refractivity contribution in [3.05, 3.63) is 98.6 Å². The molecule has 3 aromatic carbocycles. The van der Waals surface area contributed by atoms with E-state index in [2.05, 4.69) is 20.8 Å². The van der Waals surface area contributed by atoms with Crippen LogP contribution in [0, 0.1) is 20.2 Å². The van der Waals surface area contributed by atoms with Crippen LogP contribution in [0.2, 0.25) is 0 Å². The summed E-state index contributed by atoms with van der Waals surface area (Å²) in [7, 11) is 0. The van der Waals surface area contributed by atoms with Crippen LogP contribution in [-0.2, 0) is 4.84 Å². The molecule has 0 saturated carbocycles. The molecule has 0 atom stereocenters. The highest BCUT2D eigenvalue weighted by atomic mass is 16.7. The predicted octanol–water partition coefficient (Wildman–Crippen LogP) is 5.44. The van der Waals surface area contributed by atoms with E-state index in [1.54, 1.807) is 12.1 Å². The van der Waals surface area contributed by atoms with E-state index in [1.165, 1.54) is 60.7 Å². The second-order valence-corrected chi connectivity index (χ2v) is 5.88. The number of carbonyl (C=O) groups excluding carboxylic acids is 1. The Morgan fingerprint density at radius 1 is 0.719 bits per heavy atom. The molecule has 13 heteroatoms. The highest BCUT2D eigenvalue weighted by Gasteiger charge is 2.15. The van der Waals surface area contributed by atoms with Crippen molar-refractivity contribution < 1.29 is 24.3 Å². The lowest BCUT2D eigenvalue weighted by atomic mass is 10.2. The van der Waals surface area contributed by atoms with Crippen molar-refractivity contribution >= 4 is 28.7 Å².